The van der Waals surface area contributed by atoms with Crippen molar-refractivity contribution in [1.29, 1.82) is 0 Å². The van der Waals surface area contributed by atoms with E-state index in [2.05, 4.69) is 22.6 Å². The molecule has 5 nitrogen and oxygen atoms in total. The van der Waals surface area contributed by atoms with Crippen LogP contribution in [0.5, 0.6) is 5.75 Å². The van der Waals surface area contributed by atoms with Gasteiger partial charge in [0.2, 0.25) is 0 Å². The first-order valence-electron chi connectivity index (χ1n) is 5.92. The molecule has 0 bridgehead atoms. The Balaban J connectivity index is 2.20. The van der Waals surface area contributed by atoms with Crippen molar-refractivity contribution < 1.29 is 9.66 Å². The summed E-state index contributed by atoms with van der Waals surface area (Å²) in [5, 5.41) is 11.0. The number of nitrogens with two attached hydrogens (primary N) is 1. The molecule has 1 aliphatic carbocycles. The second-order valence-electron chi connectivity index (χ2n) is 4.45. The van der Waals surface area contributed by atoms with Crippen molar-refractivity contribution in [3.63, 3.8) is 0 Å². The summed E-state index contributed by atoms with van der Waals surface area (Å²) >= 11 is 2.05. The molecule has 0 amide bonds. The minimum atomic E-state index is -0.399. The molecule has 18 heavy (non-hydrogen) atoms. The number of ether oxygens (including phenoxy) is 1. The topological polar surface area (TPSA) is 78.4 Å². The Bertz CT molecular complexity index is 453. The van der Waals surface area contributed by atoms with E-state index in [1.807, 2.05) is 6.07 Å². The molecule has 0 aromatic heterocycles. The van der Waals surface area contributed by atoms with Gasteiger partial charge in [0.05, 0.1) is 4.92 Å². The molecular formula is C12H15IN2O3. The van der Waals surface area contributed by atoms with Crippen molar-refractivity contribution in [3.8, 4) is 5.75 Å². The van der Waals surface area contributed by atoms with Crippen molar-refractivity contribution in [1.82, 2.24) is 0 Å². The van der Waals surface area contributed by atoms with Gasteiger partial charge in [-0.25, -0.2) is 0 Å². The van der Waals surface area contributed by atoms with Gasteiger partial charge in [-0.05, 0) is 60.5 Å². The normalized spacial score (nSPS) is 23.0. The lowest BCUT2D eigenvalue weighted by molar-refractivity contribution is -0.386. The Kier molecular flexibility index (Phi) is 4.39. The molecule has 1 saturated carbocycles. The predicted molar refractivity (Wildman–Crippen MR) is 76.6 cm³/mol. The number of benzene rings is 1. The first kappa shape index (κ1) is 13.5. The monoisotopic (exact) mass is 362 g/mol. The average molecular weight is 362 g/mol. The maximum atomic E-state index is 11.0. The van der Waals surface area contributed by atoms with Gasteiger partial charge in [0, 0.05) is 15.6 Å². The summed E-state index contributed by atoms with van der Waals surface area (Å²) in [6.07, 6.45) is 3.04. The van der Waals surface area contributed by atoms with Crippen LogP contribution in [0.25, 0.3) is 0 Å². The van der Waals surface area contributed by atoms with Crippen LogP contribution in [-0.2, 0) is 0 Å². The second kappa shape index (κ2) is 5.83. The SMILES string of the molecule is NC[C@H]1CCC[C@@H]1Oc1ccc(I)cc1[N+](=O)[O-]. The molecule has 0 radical (unpaired) electrons. The Hall–Kier alpha value is -0.890. The van der Waals surface area contributed by atoms with Crippen molar-refractivity contribution in [2.24, 2.45) is 11.7 Å². The largest absolute Gasteiger partial charge is 0.483 e. The third-order valence-electron chi connectivity index (χ3n) is 3.29. The number of hydrogen-bond donors (Lipinski definition) is 1. The highest BCUT2D eigenvalue weighted by Gasteiger charge is 2.29. The van der Waals surface area contributed by atoms with Crippen molar-refractivity contribution >= 4 is 28.3 Å². The first-order valence-corrected chi connectivity index (χ1v) is 7.00. The third kappa shape index (κ3) is 2.92. The number of nitro benzene ring substituents is 1. The molecule has 0 aliphatic heterocycles. The van der Waals surface area contributed by atoms with E-state index in [1.165, 1.54) is 6.07 Å². The summed E-state index contributed by atoms with van der Waals surface area (Å²) in [4.78, 5) is 10.6. The summed E-state index contributed by atoms with van der Waals surface area (Å²) in [6, 6.07) is 5.02. The van der Waals surface area contributed by atoms with Crippen molar-refractivity contribution in [2.75, 3.05) is 6.54 Å². The standard InChI is InChI=1S/C12H15IN2O3/c13-9-4-5-12(10(6-9)15(16)17)18-11-3-1-2-8(11)7-14/h4-6,8,11H,1-3,7,14H2/t8-,11+/m1/s1. The van der Waals surface area contributed by atoms with E-state index in [1.54, 1.807) is 6.07 Å². The van der Waals surface area contributed by atoms with Crippen molar-refractivity contribution in [2.45, 2.75) is 25.4 Å². The van der Waals surface area contributed by atoms with Crippen LogP contribution in [-0.4, -0.2) is 17.6 Å². The molecule has 1 fully saturated rings. The zero-order chi connectivity index (χ0) is 13.1. The van der Waals surface area contributed by atoms with E-state index < -0.39 is 4.92 Å². The molecule has 2 atom stereocenters. The molecule has 2 rings (SSSR count). The van der Waals surface area contributed by atoms with Crippen LogP contribution in [0.4, 0.5) is 5.69 Å². The first-order chi connectivity index (χ1) is 8.61. The highest BCUT2D eigenvalue weighted by molar-refractivity contribution is 14.1. The Morgan fingerprint density at radius 1 is 1.50 bits per heavy atom. The van der Waals surface area contributed by atoms with E-state index in [0.717, 1.165) is 22.8 Å². The molecule has 0 saturated heterocycles. The molecule has 6 heteroatoms. The summed E-state index contributed by atoms with van der Waals surface area (Å²) in [7, 11) is 0. The maximum Gasteiger partial charge on any atom is 0.311 e. The van der Waals surface area contributed by atoms with Crippen LogP contribution in [0.2, 0.25) is 0 Å². The number of halogens is 1. The molecule has 1 aromatic carbocycles. The highest BCUT2D eigenvalue weighted by Crippen LogP contribution is 2.34. The fourth-order valence-electron chi connectivity index (χ4n) is 2.32. The maximum absolute atomic E-state index is 11.0. The van der Waals surface area contributed by atoms with Crippen LogP contribution >= 0.6 is 22.6 Å². The second-order valence-corrected chi connectivity index (χ2v) is 5.70. The summed E-state index contributed by atoms with van der Waals surface area (Å²) in [5.74, 6) is 0.662. The van der Waals surface area contributed by atoms with Crippen LogP contribution < -0.4 is 10.5 Å². The van der Waals surface area contributed by atoms with Gasteiger partial charge in [0.1, 0.15) is 6.10 Å². The minimum Gasteiger partial charge on any atom is -0.483 e. The summed E-state index contributed by atoms with van der Waals surface area (Å²) in [5.41, 5.74) is 5.72. The van der Waals surface area contributed by atoms with E-state index >= 15 is 0 Å². The third-order valence-corrected chi connectivity index (χ3v) is 3.96. The fraction of sp³-hybridized carbons (Fsp3) is 0.500. The van der Waals surface area contributed by atoms with Gasteiger partial charge in [-0.2, -0.15) is 0 Å². The van der Waals surface area contributed by atoms with Gasteiger partial charge in [-0.1, -0.05) is 0 Å². The lowest BCUT2D eigenvalue weighted by Crippen LogP contribution is -2.27. The quantitative estimate of drug-likeness (QED) is 0.508. The van der Waals surface area contributed by atoms with E-state index in [9.17, 15) is 10.1 Å². The fourth-order valence-corrected chi connectivity index (χ4v) is 2.80. The van der Waals surface area contributed by atoms with E-state index in [0.29, 0.717) is 18.2 Å². The number of rotatable bonds is 4. The molecule has 1 aliphatic rings. The van der Waals surface area contributed by atoms with Gasteiger partial charge >= 0.3 is 5.69 Å². The molecule has 1 aromatic rings. The average Bonchev–Trinajstić information content (AvgIpc) is 2.78. The molecule has 2 N–H and O–H groups in total. The predicted octanol–water partition coefficient (Wildman–Crippen LogP) is 2.71. The molecule has 0 heterocycles. The van der Waals surface area contributed by atoms with Crippen LogP contribution in [0.1, 0.15) is 19.3 Å². The Morgan fingerprint density at radius 3 is 2.94 bits per heavy atom. The minimum absolute atomic E-state index is 0.00811. The number of nitro groups is 1. The van der Waals surface area contributed by atoms with Crippen molar-refractivity contribution in [3.05, 3.63) is 31.9 Å². The summed E-state index contributed by atoms with van der Waals surface area (Å²) in [6.45, 7) is 0.572. The molecule has 0 unspecified atom stereocenters. The Morgan fingerprint density at radius 2 is 2.28 bits per heavy atom. The van der Waals surface area contributed by atoms with E-state index in [4.69, 9.17) is 10.5 Å². The van der Waals surface area contributed by atoms with Gasteiger partial charge in [-0.15, -0.1) is 0 Å². The highest BCUT2D eigenvalue weighted by atomic mass is 127. The summed E-state index contributed by atoms with van der Waals surface area (Å²) < 4.78 is 6.63. The van der Waals surface area contributed by atoms with Gasteiger partial charge in [-0.3, -0.25) is 10.1 Å². The smallest absolute Gasteiger partial charge is 0.311 e. The van der Waals surface area contributed by atoms with Gasteiger partial charge in [0.15, 0.2) is 5.75 Å². The lowest BCUT2D eigenvalue weighted by atomic mass is 10.1. The van der Waals surface area contributed by atoms with Gasteiger partial charge in [0.25, 0.3) is 0 Å². The number of nitrogens with zero attached hydrogens (tertiary/aromatic N) is 1. The van der Waals surface area contributed by atoms with Crippen LogP contribution in [0, 0.1) is 19.6 Å². The zero-order valence-electron chi connectivity index (χ0n) is 9.84. The Labute approximate surface area is 119 Å². The van der Waals surface area contributed by atoms with Crippen LogP contribution in [0.3, 0.4) is 0 Å². The molecular weight excluding hydrogens is 347 g/mol. The molecule has 0 spiro atoms. The van der Waals surface area contributed by atoms with E-state index in [-0.39, 0.29) is 11.8 Å². The number of hydrogen-bond acceptors (Lipinski definition) is 4. The van der Waals surface area contributed by atoms with Crippen LogP contribution in [0.15, 0.2) is 18.2 Å². The zero-order valence-corrected chi connectivity index (χ0v) is 12.0. The lowest BCUT2D eigenvalue weighted by Gasteiger charge is -2.19. The van der Waals surface area contributed by atoms with Gasteiger partial charge < -0.3 is 10.5 Å². The molecule has 98 valence electrons.